The zero-order valence-corrected chi connectivity index (χ0v) is 14.8. The number of nitrogens with zero attached hydrogens (tertiary/aromatic N) is 1. The Bertz CT molecular complexity index is 646. The van der Waals surface area contributed by atoms with Gasteiger partial charge in [0.05, 0.1) is 25.2 Å². The molecule has 0 aliphatic carbocycles. The van der Waals surface area contributed by atoms with Gasteiger partial charge in [-0.3, -0.25) is 14.5 Å². The fourth-order valence-corrected chi connectivity index (χ4v) is 3.54. The number of hydrogen-bond donors (Lipinski definition) is 4. The summed E-state index contributed by atoms with van der Waals surface area (Å²) in [5.74, 6) is -1.95. The number of carboxylic acid groups (broad SMARTS) is 1. The molecule has 7 heteroatoms. The summed E-state index contributed by atoms with van der Waals surface area (Å²) in [5.41, 5.74) is 0.704. The molecule has 1 heterocycles. The standard InChI is InChI=1S/C18H26N2O5/c1-11-6-4-5-7-13(11)15-14(16(23)19-12(9-21)10-22)8-18(2,17(24)25)20(15)3/h4-7,12,14-15,21-22H,8-10H2,1-3H3,(H,19,23)(H,24,25)/t14-,15-,18-/m0/s1. The average Bonchev–Trinajstić information content (AvgIpc) is 2.86. The second kappa shape index (κ2) is 7.51. The lowest BCUT2D eigenvalue weighted by atomic mass is 9.88. The molecule has 0 saturated carbocycles. The van der Waals surface area contributed by atoms with Crippen molar-refractivity contribution in [3.05, 3.63) is 35.4 Å². The van der Waals surface area contributed by atoms with Crippen molar-refractivity contribution in [2.24, 2.45) is 5.92 Å². The maximum atomic E-state index is 12.8. The highest BCUT2D eigenvalue weighted by atomic mass is 16.4. The molecule has 2 rings (SSSR count). The molecule has 0 aromatic heterocycles. The van der Waals surface area contributed by atoms with Gasteiger partial charge in [0.25, 0.3) is 0 Å². The molecule has 0 bridgehead atoms. The highest BCUT2D eigenvalue weighted by Crippen LogP contribution is 2.46. The number of carbonyl (C=O) groups excluding carboxylic acids is 1. The molecule has 138 valence electrons. The molecular weight excluding hydrogens is 324 g/mol. The van der Waals surface area contributed by atoms with Crippen LogP contribution in [0, 0.1) is 12.8 Å². The van der Waals surface area contributed by atoms with Gasteiger partial charge in [-0.2, -0.15) is 0 Å². The largest absolute Gasteiger partial charge is 0.480 e. The summed E-state index contributed by atoms with van der Waals surface area (Å²) in [6.45, 7) is 2.79. The topological polar surface area (TPSA) is 110 Å². The van der Waals surface area contributed by atoms with Gasteiger partial charge in [-0.25, -0.2) is 0 Å². The summed E-state index contributed by atoms with van der Waals surface area (Å²) in [6, 6.07) is 6.43. The summed E-state index contributed by atoms with van der Waals surface area (Å²) < 4.78 is 0. The van der Waals surface area contributed by atoms with E-state index in [-0.39, 0.29) is 25.5 Å². The SMILES string of the molecule is Cc1ccccc1[C@H]1[C@@H](C(=O)NC(CO)CO)C[C@@](C)(C(=O)O)N1C. The first-order valence-corrected chi connectivity index (χ1v) is 8.30. The number of rotatable bonds is 6. The molecule has 1 aromatic carbocycles. The highest BCUT2D eigenvalue weighted by Gasteiger charge is 2.54. The zero-order chi connectivity index (χ0) is 18.8. The Hall–Kier alpha value is -1.96. The molecule has 1 aliphatic heterocycles. The summed E-state index contributed by atoms with van der Waals surface area (Å²) in [4.78, 5) is 26.3. The minimum Gasteiger partial charge on any atom is -0.480 e. The lowest BCUT2D eigenvalue weighted by molar-refractivity contribution is -0.148. The third kappa shape index (κ3) is 3.53. The van der Waals surface area contributed by atoms with Crippen LogP contribution >= 0.6 is 0 Å². The quantitative estimate of drug-likeness (QED) is 0.587. The lowest BCUT2D eigenvalue weighted by Gasteiger charge is -2.32. The molecule has 25 heavy (non-hydrogen) atoms. The van der Waals surface area contributed by atoms with Gasteiger partial charge in [0, 0.05) is 6.04 Å². The number of amides is 1. The van der Waals surface area contributed by atoms with Gasteiger partial charge in [0.15, 0.2) is 0 Å². The number of aliphatic hydroxyl groups is 2. The van der Waals surface area contributed by atoms with Crippen LogP contribution in [0.4, 0.5) is 0 Å². The molecule has 1 aromatic rings. The normalized spacial score (nSPS) is 26.8. The van der Waals surface area contributed by atoms with Gasteiger partial charge < -0.3 is 20.6 Å². The first-order chi connectivity index (χ1) is 11.8. The maximum absolute atomic E-state index is 12.8. The van der Waals surface area contributed by atoms with Crippen molar-refractivity contribution >= 4 is 11.9 Å². The van der Waals surface area contributed by atoms with Gasteiger partial charge >= 0.3 is 5.97 Å². The van der Waals surface area contributed by atoms with Crippen LogP contribution in [0.15, 0.2) is 24.3 Å². The summed E-state index contributed by atoms with van der Waals surface area (Å²) >= 11 is 0. The van der Waals surface area contributed by atoms with Crippen molar-refractivity contribution in [2.75, 3.05) is 20.3 Å². The summed E-state index contributed by atoms with van der Waals surface area (Å²) in [6.07, 6.45) is 0.146. The Labute approximate surface area is 147 Å². The Morgan fingerprint density at radius 1 is 1.32 bits per heavy atom. The van der Waals surface area contributed by atoms with Crippen molar-refractivity contribution in [2.45, 2.75) is 37.9 Å². The van der Waals surface area contributed by atoms with Crippen molar-refractivity contribution in [1.82, 2.24) is 10.2 Å². The minimum atomic E-state index is -1.18. The number of aryl methyl sites for hydroxylation is 1. The summed E-state index contributed by atoms with van der Waals surface area (Å²) in [7, 11) is 1.72. The number of carboxylic acids is 1. The van der Waals surface area contributed by atoms with Crippen LogP contribution in [-0.4, -0.2) is 63.9 Å². The fraction of sp³-hybridized carbons (Fsp3) is 0.556. The van der Waals surface area contributed by atoms with Crippen molar-refractivity contribution < 1.29 is 24.9 Å². The number of benzene rings is 1. The Balaban J connectivity index is 2.42. The second-order valence-electron chi connectivity index (χ2n) is 6.87. The number of nitrogens with one attached hydrogen (secondary N) is 1. The van der Waals surface area contributed by atoms with E-state index in [1.807, 2.05) is 31.2 Å². The molecule has 1 aliphatic rings. The molecule has 1 saturated heterocycles. The van der Waals surface area contributed by atoms with Crippen molar-refractivity contribution in [3.63, 3.8) is 0 Å². The number of aliphatic hydroxyl groups excluding tert-OH is 2. The number of hydrogen-bond acceptors (Lipinski definition) is 5. The highest BCUT2D eigenvalue weighted by molar-refractivity contribution is 5.85. The maximum Gasteiger partial charge on any atom is 0.323 e. The fourth-order valence-electron chi connectivity index (χ4n) is 3.54. The van der Waals surface area contributed by atoms with Gasteiger partial charge in [-0.15, -0.1) is 0 Å². The lowest BCUT2D eigenvalue weighted by Crippen LogP contribution is -2.46. The Morgan fingerprint density at radius 2 is 1.92 bits per heavy atom. The smallest absolute Gasteiger partial charge is 0.323 e. The molecule has 0 unspecified atom stereocenters. The average molecular weight is 350 g/mol. The predicted molar refractivity (Wildman–Crippen MR) is 91.9 cm³/mol. The van der Waals surface area contributed by atoms with Crippen LogP contribution in [0.2, 0.25) is 0 Å². The molecule has 7 nitrogen and oxygen atoms in total. The summed E-state index contributed by atoms with van der Waals surface area (Å²) in [5, 5.41) is 30.7. The van der Waals surface area contributed by atoms with E-state index in [4.69, 9.17) is 0 Å². The predicted octanol–water partition coefficient (Wildman–Crippen LogP) is 0.301. The van der Waals surface area contributed by atoms with Crippen LogP contribution in [0.25, 0.3) is 0 Å². The Morgan fingerprint density at radius 3 is 2.44 bits per heavy atom. The molecule has 0 spiro atoms. The monoisotopic (exact) mass is 350 g/mol. The zero-order valence-electron chi connectivity index (χ0n) is 14.8. The molecule has 1 fully saturated rings. The first-order valence-electron chi connectivity index (χ1n) is 8.30. The molecule has 3 atom stereocenters. The van der Waals surface area contributed by atoms with E-state index in [1.54, 1.807) is 18.9 Å². The molecule has 4 N–H and O–H groups in total. The molecule has 1 amide bonds. The van der Waals surface area contributed by atoms with E-state index in [1.165, 1.54) is 0 Å². The number of carbonyl (C=O) groups is 2. The van der Waals surface area contributed by atoms with Gasteiger partial charge in [0.1, 0.15) is 5.54 Å². The van der Waals surface area contributed by atoms with E-state index in [9.17, 15) is 24.9 Å². The van der Waals surface area contributed by atoms with Crippen LogP contribution in [0.5, 0.6) is 0 Å². The third-order valence-electron chi connectivity index (χ3n) is 5.29. The number of likely N-dealkylation sites (tertiary alicyclic amines) is 1. The van der Waals surface area contributed by atoms with Crippen LogP contribution < -0.4 is 5.32 Å². The van der Waals surface area contributed by atoms with Crippen LogP contribution in [-0.2, 0) is 9.59 Å². The van der Waals surface area contributed by atoms with Crippen LogP contribution in [0.3, 0.4) is 0 Å². The second-order valence-corrected chi connectivity index (χ2v) is 6.87. The van der Waals surface area contributed by atoms with E-state index < -0.39 is 29.5 Å². The van der Waals surface area contributed by atoms with Gasteiger partial charge in [-0.1, -0.05) is 24.3 Å². The van der Waals surface area contributed by atoms with E-state index >= 15 is 0 Å². The molecular formula is C18H26N2O5. The van der Waals surface area contributed by atoms with Crippen LogP contribution in [0.1, 0.15) is 30.5 Å². The van der Waals surface area contributed by atoms with Crippen molar-refractivity contribution in [1.29, 1.82) is 0 Å². The van der Waals surface area contributed by atoms with E-state index in [0.717, 1.165) is 11.1 Å². The van der Waals surface area contributed by atoms with E-state index in [2.05, 4.69) is 5.32 Å². The minimum absolute atomic E-state index is 0.146. The molecule has 0 radical (unpaired) electrons. The van der Waals surface area contributed by atoms with Crippen molar-refractivity contribution in [3.8, 4) is 0 Å². The number of aliphatic carboxylic acids is 1. The van der Waals surface area contributed by atoms with Gasteiger partial charge in [0.2, 0.25) is 5.91 Å². The van der Waals surface area contributed by atoms with Gasteiger partial charge in [-0.05, 0) is 38.4 Å². The number of likely N-dealkylation sites (N-methyl/N-ethyl adjacent to an activating group) is 1. The Kier molecular flexibility index (Phi) is 5.82. The third-order valence-corrected chi connectivity index (χ3v) is 5.29. The first kappa shape index (κ1) is 19.4. The van der Waals surface area contributed by atoms with E-state index in [0.29, 0.717) is 0 Å².